The molecule has 0 fully saturated rings. The molecule has 0 aromatic heterocycles. The van der Waals surface area contributed by atoms with E-state index in [1.54, 1.807) is 0 Å². The van der Waals surface area contributed by atoms with E-state index in [9.17, 15) is 5.11 Å². The minimum atomic E-state index is -0.971. The van der Waals surface area contributed by atoms with Crippen LogP contribution in [-0.2, 0) is 5.60 Å². The summed E-state index contributed by atoms with van der Waals surface area (Å²) in [5.74, 6) is 0. The van der Waals surface area contributed by atoms with Gasteiger partial charge >= 0.3 is 0 Å². The summed E-state index contributed by atoms with van der Waals surface area (Å²) in [6, 6.07) is 17.4. The van der Waals surface area contributed by atoms with Gasteiger partial charge in [0.1, 0.15) is 5.60 Å². The Balaban J connectivity index is 2.51. The number of hydrogen-bond donors (Lipinski definition) is 1. The molecule has 1 atom stereocenters. The van der Waals surface area contributed by atoms with Crippen molar-refractivity contribution in [1.82, 2.24) is 0 Å². The molecule has 2 aromatic rings. The molecule has 1 nitrogen and oxygen atoms in total. The van der Waals surface area contributed by atoms with Crippen molar-refractivity contribution in [3.05, 3.63) is 70.2 Å². The van der Waals surface area contributed by atoms with Gasteiger partial charge in [-0.15, -0.1) is 0 Å². The van der Waals surface area contributed by atoms with E-state index in [2.05, 4.69) is 15.9 Å². The van der Waals surface area contributed by atoms with Crippen molar-refractivity contribution in [3.63, 3.8) is 0 Å². The first-order chi connectivity index (χ1) is 7.62. The third kappa shape index (κ3) is 2.04. The van der Waals surface area contributed by atoms with Crippen LogP contribution in [0.25, 0.3) is 0 Å². The van der Waals surface area contributed by atoms with Crippen LogP contribution in [0.1, 0.15) is 18.1 Å². The zero-order chi connectivity index (χ0) is 11.6. The summed E-state index contributed by atoms with van der Waals surface area (Å²) < 4.78 is 0.920. The Morgan fingerprint density at radius 2 is 1.50 bits per heavy atom. The van der Waals surface area contributed by atoms with E-state index in [0.717, 1.165) is 15.6 Å². The standard InChI is InChI=1S/C14H13BrO/c1-14(16,11-7-3-2-4-8-11)12-9-5-6-10-13(12)15/h2-10,16H,1H3/t14-/m0/s1. The smallest absolute Gasteiger partial charge is 0.113 e. The second-order valence-corrected chi connectivity index (χ2v) is 4.77. The summed E-state index contributed by atoms with van der Waals surface area (Å²) in [4.78, 5) is 0. The van der Waals surface area contributed by atoms with E-state index < -0.39 is 5.60 Å². The molecule has 0 saturated heterocycles. The minimum Gasteiger partial charge on any atom is -0.381 e. The summed E-state index contributed by atoms with van der Waals surface area (Å²) in [7, 11) is 0. The van der Waals surface area contributed by atoms with E-state index in [4.69, 9.17) is 0 Å². The van der Waals surface area contributed by atoms with Gasteiger partial charge in [-0.2, -0.15) is 0 Å². The normalized spacial score (nSPS) is 14.4. The Bertz CT molecular complexity index is 477. The van der Waals surface area contributed by atoms with E-state index in [-0.39, 0.29) is 0 Å². The van der Waals surface area contributed by atoms with Crippen molar-refractivity contribution in [2.75, 3.05) is 0 Å². The predicted molar refractivity (Wildman–Crippen MR) is 69.3 cm³/mol. The van der Waals surface area contributed by atoms with Gasteiger partial charge in [-0.05, 0) is 18.6 Å². The molecule has 0 aliphatic rings. The highest BCUT2D eigenvalue weighted by Gasteiger charge is 2.26. The van der Waals surface area contributed by atoms with Gasteiger partial charge in [0.15, 0.2) is 0 Å². The lowest BCUT2D eigenvalue weighted by Gasteiger charge is -2.25. The average Bonchev–Trinajstić information content (AvgIpc) is 2.30. The first kappa shape index (κ1) is 11.4. The summed E-state index contributed by atoms with van der Waals surface area (Å²) in [6.07, 6.45) is 0. The highest BCUT2D eigenvalue weighted by Crippen LogP contribution is 2.33. The highest BCUT2D eigenvalue weighted by atomic mass is 79.9. The lowest BCUT2D eigenvalue weighted by Crippen LogP contribution is -2.23. The third-order valence-corrected chi connectivity index (χ3v) is 3.43. The number of benzene rings is 2. The van der Waals surface area contributed by atoms with Crippen LogP contribution < -0.4 is 0 Å². The second kappa shape index (κ2) is 4.40. The molecule has 2 rings (SSSR count). The van der Waals surface area contributed by atoms with Gasteiger partial charge in [0.25, 0.3) is 0 Å². The summed E-state index contributed by atoms with van der Waals surface area (Å²) in [5.41, 5.74) is 0.796. The molecule has 0 bridgehead atoms. The van der Waals surface area contributed by atoms with Crippen LogP contribution in [0, 0.1) is 0 Å². The van der Waals surface area contributed by atoms with E-state index >= 15 is 0 Å². The Kier molecular flexibility index (Phi) is 3.13. The molecule has 0 heterocycles. The summed E-state index contributed by atoms with van der Waals surface area (Å²) >= 11 is 3.47. The van der Waals surface area contributed by atoms with E-state index in [1.165, 1.54) is 0 Å². The van der Waals surface area contributed by atoms with Gasteiger partial charge in [-0.1, -0.05) is 64.5 Å². The maximum absolute atomic E-state index is 10.6. The molecule has 0 saturated carbocycles. The van der Waals surface area contributed by atoms with Crippen molar-refractivity contribution >= 4 is 15.9 Å². The van der Waals surface area contributed by atoms with E-state index in [1.807, 2.05) is 61.5 Å². The number of halogens is 1. The quantitative estimate of drug-likeness (QED) is 0.887. The topological polar surface area (TPSA) is 20.2 Å². The Labute approximate surface area is 104 Å². The molecule has 1 N–H and O–H groups in total. The first-order valence-corrected chi connectivity index (χ1v) is 5.94. The molecule has 0 radical (unpaired) electrons. The van der Waals surface area contributed by atoms with Crippen molar-refractivity contribution in [1.29, 1.82) is 0 Å². The van der Waals surface area contributed by atoms with Crippen LogP contribution in [0.2, 0.25) is 0 Å². The van der Waals surface area contributed by atoms with Crippen molar-refractivity contribution in [2.45, 2.75) is 12.5 Å². The minimum absolute atomic E-state index is 0.876. The van der Waals surface area contributed by atoms with Gasteiger partial charge in [0.2, 0.25) is 0 Å². The van der Waals surface area contributed by atoms with Gasteiger partial charge < -0.3 is 5.11 Å². The van der Waals surface area contributed by atoms with Crippen molar-refractivity contribution in [2.24, 2.45) is 0 Å². The lowest BCUT2D eigenvalue weighted by atomic mass is 9.88. The van der Waals surface area contributed by atoms with Gasteiger partial charge in [-0.3, -0.25) is 0 Å². The maximum Gasteiger partial charge on any atom is 0.113 e. The summed E-state index contributed by atoms with van der Waals surface area (Å²) in [5, 5.41) is 10.6. The SMILES string of the molecule is C[C@](O)(c1ccccc1)c1ccccc1Br. The van der Waals surface area contributed by atoms with Crippen LogP contribution in [0.4, 0.5) is 0 Å². The zero-order valence-electron chi connectivity index (χ0n) is 9.02. The van der Waals surface area contributed by atoms with Crippen LogP contribution >= 0.6 is 15.9 Å². The van der Waals surface area contributed by atoms with Crippen molar-refractivity contribution in [3.8, 4) is 0 Å². The Morgan fingerprint density at radius 3 is 2.12 bits per heavy atom. The molecular formula is C14H13BrO. The third-order valence-electron chi connectivity index (χ3n) is 2.73. The summed E-state index contributed by atoms with van der Waals surface area (Å²) in [6.45, 7) is 1.81. The number of rotatable bonds is 2. The molecule has 0 spiro atoms. The molecule has 0 aliphatic carbocycles. The molecule has 0 unspecified atom stereocenters. The molecule has 0 aliphatic heterocycles. The fourth-order valence-corrected chi connectivity index (χ4v) is 2.45. The Morgan fingerprint density at radius 1 is 0.938 bits per heavy atom. The number of aliphatic hydroxyl groups is 1. The molecule has 0 amide bonds. The highest BCUT2D eigenvalue weighted by molar-refractivity contribution is 9.10. The monoisotopic (exact) mass is 276 g/mol. The van der Waals surface area contributed by atoms with Crippen LogP contribution in [0.15, 0.2) is 59.1 Å². The number of hydrogen-bond acceptors (Lipinski definition) is 1. The molecule has 82 valence electrons. The van der Waals surface area contributed by atoms with E-state index in [0.29, 0.717) is 0 Å². The molecule has 16 heavy (non-hydrogen) atoms. The largest absolute Gasteiger partial charge is 0.381 e. The fraction of sp³-hybridized carbons (Fsp3) is 0.143. The first-order valence-electron chi connectivity index (χ1n) is 5.15. The predicted octanol–water partition coefficient (Wildman–Crippen LogP) is 3.70. The van der Waals surface area contributed by atoms with Gasteiger partial charge in [0.05, 0.1) is 0 Å². The average molecular weight is 277 g/mol. The van der Waals surface area contributed by atoms with Gasteiger partial charge in [0, 0.05) is 10.0 Å². The van der Waals surface area contributed by atoms with Crippen LogP contribution in [-0.4, -0.2) is 5.11 Å². The Hall–Kier alpha value is -1.12. The van der Waals surface area contributed by atoms with Crippen molar-refractivity contribution < 1.29 is 5.11 Å². The van der Waals surface area contributed by atoms with Crippen LogP contribution in [0.5, 0.6) is 0 Å². The molecule has 2 heteroatoms. The molecule has 2 aromatic carbocycles. The fourth-order valence-electron chi connectivity index (χ4n) is 1.77. The van der Waals surface area contributed by atoms with Crippen LogP contribution in [0.3, 0.4) is 0 Å². The molecular weight excluding hydrogens is 264 g/mol. The second-order valence-electron chi connectivity index (χ2n) is 3.92. The zero-order valence-corrected chi connectivity index (χ0v) is 10.6. The maximum atomic E-state index is 10.6. The lowest BCUT2D eigenvalue weighted by molar-refractivity contribution is 0.101. The van der Waals surface area contributed by atoms with Gasteiger partial charge in [-0.25, -0.2) is 0 Å².